The maximum atomic E-state index is 12.9. The molecule has 0 atom stereocenters. The highest BCUT2D eigenvalue weighted by atomic mass is 35.5. The number of nitrogens with one attached hydrogen (secondary N) is 1. The highest BCUT2D eigenvalue weighted by molar-refractivity contribution is 7.17. The summed E-state index contributed by atoms with van der Waals surface area (Å²) in [6.45, 7) is 0. The van der Waals surface area contributed by atoms with E-state index in [-0.39, 0.29) is 5.57 Å². The number of carbonyl (C=O) groups is 2. The van der Waals surface area contributed by atoms with E-state index < -0.39 is 11.9 Å². The average molecular weight is 501 g/mol. The highest BCUT2D eigenvalue weighted by Gasteiger charge is 2.27. The molecule has 4 rings (SSSR count). The van der Waals surface area contributed by atoms with Crippen LogP contribution in [0, 0.1) is 11.3 Å². The summed E-state index contributed by atoms with van der Waals surface area (Å²) in [5.41, 5.74) is 1.77. The number of nitrogens with zero attached hydrogens (tertiary/aromatic N) is 1. The van der Waals surface area contributed by atoms with Crippen molar-refractivity contribution in [2.45, 2.75) is 25.7 Å². The summed E-state index contributed by atoms with van der Waals surface area (Å²) in [7, 11) is 1.31. The van der Waals surface area contributed by atoms with Crippen molar-refractivity contribution in [3.63, 3.8) is 0 Å². The van der Waals surface area contributed by atoms with Gasteiger partial charge in [-0.2, -0.15) is 5.26 Å². The van der Waals surface area contributed by atoms with Gasteiger partial charge in [-0.15, -0.1) is 11.3 Å². The van der Waals surface area contributed by atoms with Crippen LogP contribution in [0.1, 0.15) is 39.4 Å². The van der Waals surface area contributed by atoms with Crippen molar-refractivity contribution in [1.29, 1.82) is 5.26 Å². The Balaban J connectivity index is 1.60. The summed E-state index contributed by atoms with van der Waals surface area (Å²) in [6, 6.07) is 10.2. The number of hydrogen-bond donors (Lipinski definition) is 1. The molecular weight excluding hydrogens is 483 g/mol. The maximum Gasteiger partial charge on any atom is 0.341 e. The zero-order valence-corrected chi connectivity index (χ0v) is 19.9. The third-order valence-corrected chi connectivity index (χ3v) is 7.02. The van der Waals surface area contributed by atoms with E-state index in [1.54, 1.807) is 30.3 Å². The number of nitriles is 1. The lowest BCUT2D eigenvalue weighted by atomic mass is 9.95. The van der Waals surface area contributed by atoms with Crippen LogP contribution in [0.4, 0.5) is 5.00 Å². The van der Waals surface area contributed by atoms with Crippen molar-refractivity contribution in [2.24, 2.45) is 0 Å². The predicted octanol–water partition coefficient (Wildman–Crippen LogP) is 6.53. The number of rotatable bonds is 5. The van der Waals surface area contributed by atoms with Crippen LogP contribution in [0.3, 0.4) is 0 Å². The number of ether oxygens (including phenoxy) is 1. The Kier molecular flexibility index (Phi) is 6.89. The van der Waals surface area contributed by atoms with Gasteiger partial charge in [-0.1, -0.05) is 23.2 Å². The van der Waals surface area contributed by atoms with Crippen LogP contribution in [0.25, 0.3) is 17.4 Å². The fraction of sp³-hybridized carbons (Fsp3) is 0.208. The minimum Gasteiger partial charge on any atom is -0.465 e. The summed E-state index contributed by atoms with van der Waals surface area (Å²) in [6.07, 6.45) is 4.96. The number of methoxy groups -OCH3 is 1. The number of halogens is 2. The lowest BCUT2D eigenvalue weighted by molar-refractivity contribution is -0.112. The van der Waals surface area contributed by atoms with Crippen LogP contribution in [-0.4, -0.2) is 19.0 Å². The van der Waals surface area contributed by atoms with Gasteiger partial charge in [0.25, 0.3) is 5.91 Å². The van der Waals surface area contributed by atoms with Gasteiger partial charge >= 0.3 is 5.97 Å². The Morgan fingerprint density at radius 3 is 2.73 bits per heavy atom. The van der Waals surface area contributed by atoms with Crippen molar-refractivity contribution in [3.8, 4) is 17.4 Å². The topological polar surface area (TPSA) is 92.3 Å². The van der Waals surface area contributed by atoms with Crippen LogP contribution in [0.2, 0.25) is 10.0 Å². The fourth-order valence-corrected chi connectivity index (χ4v) is 5.47. The second kappa shape index (κ2) is 9.84. The third-order valence-electron chi connectivity index (χ3n) is 5.26. The first-order chi connectivity index (χ1) is 15.9. The van der Waals surface area contributed by atoms with Crippen molar-refractivity contribution >= 4 is 57.5 Å². The number of thiophene rings is 1. The van der Waals surface area contributed by atoms with Gasteiger partial charge in [0.05, 0.1) is 17.7 Å². The summed E-state index contributed by atoms with van der Waals surface area (Å²) in [4.78, 5) is 26.3. The van der Waals surface area contributed by atoms with E-state index in [0.29, 0.717) is 37.7 Å². The highest BCUT2D eigenvalue weighted by Crippen LogP contribution is 2.39. The maximum absolute atomic E-state index is 12.9. The lowest BCUT2D eigenvalue weighted by Crippen LogP contribution is -2.16. The van der Waals surface area contributed by atoms with Crippen molar-refractivity contribution < 1.29 is 18.7 Å². The molecule has 0 saturated heterocycles. The molecule has 2 aromatic heterocycles. The fourth-order valence-electron chi connectivity index (χ4n) is 3.70. The SMILES string of the molecule is COC(=O)c1c(NC(=O)/C(C#N)=C/c2ccc(-c3ccc(Cl)cc3Cl)o2)sc2c1CCCC2. The quantitative estimate of drug-likeness (QED) is 0.244. The predicted molar refractivity (Wildman–Crippen MR) is 129 cm³/mol. The number of carbonyl (C=O) groups excluding carboxylic acids is 2. The molecule has 0 unspecified atom stereocenters. The summed E-state index contributed by atoms with van der Waals surface area (Å²) < 4.78 is 10.7. The van der Waals surface area contributed by atoms with E-state index in [2.05, 4.69) is 5.32 Å². The average Bonchev–Trinajstić information content (AvgIpc) is 3.41. The smallest absolute Gasteiger partial charge is 0.341 e. The van der Waals surface area contributed by atoms with E-state index in [0.717, 1.165) is 36.1 Å². The second-order valence-corrected chi connectivity index (χ2v) is 9.31. The minimum atomic E-state index is -0.635. The molecule has 3 aromatic rings. The molecule has 33 heavy (non-hydrogen) atoms. The second-order valence-electron chi connectivity index (χ2n) is 7.36. The molecule has 6 nitrogen and oxygen atoms in total. The van der Waals surface area contributed by atoms with Crippen LogP contribution < -0.4 is 5.32 Å². The van der Waals surface area contributed by atoms with E-state index in [9.17, 15) is 14.9 Å². The van der Waals surface area contributed by atoms with E-state index in [1.807, 2.05) is 6.07 Å². The Bertz CT molecular complexity index is 1320. The molecule has 0 aliphatic heterocycles. The molecule has 0 saturated carbocycles. The molecule has 2 heterocycles. The number of aryl methyl sites for hydroxylation is 1. The molecule has 0 bridgehead atoms. The van der Waals surface area contributed by atoms with Gasteiger partial charge in [-0.25, -0.2) is 4.79 Å². The molecule has 1 N–H and O–H groups in total. The van der Waals surface area contributed by atoms with E-state index >= 15 is 0 Å². The van der Waals surface area contributed by atoms with Gasteiger partial charge in [-0.3, -0.25) is 4.79 Å². The number of hydrogen-bond acceptors (Lipinski definition) is 6. The number of amides is 1. The Labute approximate surface area is 204 Å². The number of anilines is 1. The number of fused-ring (bicyclic) bond motifs is 1. The first kappa shape index (κ1) is 23.1. The largest absolute Gasteiger partial charge is 0.465 e. The first-order valence-electron chi connectivity index (χ1n) is 10.1. The Morgan fingerprint density at radius 1 is 1.21 bits per heavy atom. The third kappa shape index (κ3) is 4.83. The molecule has 1 aliphatic rings. The van der Waals surface area contributed by atoms with Gasteiger partial charge in [-0.05, 0) is 61.6 Å². The van der Waals surface area contributed by atoms with E-state index in [4.69, 9.17) is 32.4 Å². The van der Waals surface area contributed by atoms with Crippen LogP contribution in [-0.2, 0) is 22.4 Å². The number of benzene rings is 1. The zero-order chi connectivity index (χ0) is 23.5. The van der Waals surface area contributed by atoms with Crippen LogP contribution in [0.15, 0.2) is 40.3 Å². The number of esters is 1. The van der Waals surface area contributed by atoms with Crippen molar-refractivity contribution in [1.82, 2.24) is 0 Å². The summed E-state index contributed by atoms with van der Waals surface area (Å²) in [5.74, 6) is -0.354. The molecule has 1 aromatic carbocycles. The van der Waals surface area contributed by atoms with Gasteiger partial charge in [0.1, 0.15) is 28.2 Å². The summed E-state index contributed by atoms with van der Waals surface area (Å²) in [5, 5.41) is 13.6. The summed E-state index contributed by atoms with van der Waals surface area (Å²) >= 11 is 13.5. The van der Waals surface area contributed by atoms with Crippen LogP contribution >= 0.6 is 34.5 Å². The molecule has 0 spiro atoms. The standard InChI is InChI=1S/C24H18Cl2N2O4S/c1-31-24(30)21-17-4-2-3-5-20(17)33-23(21)28-22(29)13(12-27)10-15-7-9-19(32-15)16-8-6-14(25)11-18(16)26/h6-11H,2-5H2,1H3,(H,28,29)/b13-10+. The van der Waals surface area contributed by atoms with Crippen molar-refractivity contribution in [2.75, 3.05) is 12.4 Å². The normalized spacial score (nSPS) is 13.2. The zero-order valence-electron chi connectivity index (χ0n) is 17.5. The van der Waals surface area contributed by atoms with Gasteiger partial charge < -0.3 is 14.5 Å². The van der Waals surface area contributed by atoms with Gasteiger partial charge in [0, 0.05) is 21.5 Å². The first-order valence-corrected chi connectivity index (χ1v) is 11.7. The molecule has 0 fully saturated rings. The molecule has 1 aliphatic carbocycles. The van der Waals surface area contributed by atoms with E-state index in [1.165, 1.54) is 24.5 Å². The molecule has 168 valence electrons. The van der Waals surface area contributed by atoms with Gasteiger partial charge in [0.15, 0.2) is 0 Å². The van der Waals surface area contributed by atoms with Crippen LogP contribution in [0.5, 0.6) is 0 Å². The molecule has 1 amide bonds. The Morgan fingerprint density at radius 2 is 2.00 bits per heavy atom. The van der Waals surface area contributed by atoms with Crippen molar-refractivity contribution in [3.05, 3.63) is 67.7 Å². The molecule has 0 radical (unpaired) electrons. The van der Waals surface area contributed by atoms with Gasteiger partial charge in [0.2, 0.25) is 0 Å². The number of furan rings is 1. The molecular formula is C24H18Cl2N2O4S. The minimum absolute atomic E-state index is 0.166. The monoisotopic (exact) mass is 500 g/mol. The molecule has 9 heteroatoms. The Hall–Kier alpha value is -3.05. The lowest BCUT2D eigenvalue weighted by Gasteiger charge is -2.11.